The van der Waals surface area contributed by atoms with Crippen LogP contribution in [0, 0.1) is 11.7 Å². The summed E-state index contributed by atoms with van der Waals surface area (Å²) in [7, 11) is 0. The average Bonchev–Trinajstić information content (AvgIpc) is 3.84. The lowest BCUT2D eigenvalue weighted by atomic mass is 9.97. The van der Waals surface area contributed by atoms with E-state index >= 15 is 0 Å². The minimum Gasteiger partial charge on any atom is -0.365 e. The molecule has 238 valence electrons. The van der Waals surface area contributed by atoms with Gasteiger partial charge in [0.05, 0.1) is 16.4 Å². The Bertz CT molecular complexity index is 1450. The third-order valence-corrected chi connectivity index (χ3v) is 9.06. The largest absolute Gasteiger partial charge is 0.365 e. The molecule has 5 aliphatic rings. The van der Waals surface area contributed by atoms with Crippen molar-refractivity contribution in [3.63, 3.8) is 0 Å². The first-order chi connectivity index (χ1) is 20.7. The number of hydrogen-bond donors (Lipinski definition) is 2. The summed E-state index contributed by atoms with van der Waals surface area (Å²) in [5.41, 5.74) is 9.82. The highest BCUT2D eigenvalue weighted by atomic mass is 35.5. The molecule has 1 aliphatic carbocycles. The van der Waals surface area contributed by atoms with E-state index in [1.165, 1.54) is 12.1 Å². The van der Waals surface area contributed by atoms with Gasteiger partial charge in [0, 0.05) is 75.6 Å². The quantitative estimate of drug-likeness (QED) is 0.314. The molecule has 1 unspecified atom stereocenters. The summed E-state index contributed by atoms with van der Waals surface area (Å²) in [6, 6.07) is 4.95. The summed E-state index contributed by atoms with van der Waals surface area (Å²) in [6.45, 7) is 12.6. The molecule has 0 radical (unpaired) electrons. The molecule has 4 fully saturated rings. The highest BCUT2D eigenvalue weighted by Crippen LogP contribution is 2.34. The number of allylic oxidation sites excluding steroid dienone is 1. The molecule has 0 amide bonds. The van der Waals surface area contributed by atoms with E-state index in [1.54, 1.807) is 12.1 Å². The molecule has 0 bridgehead atoms. The van der Waals surface area contributed by atoms with E-state index in [4.69, 9.17) is 22.3 Å². The van der Waals surface area contributed by atoms with Crippen molar-refractivity contribution < 1.29 is 14.0 Å². The first-order valence-electron chi connectivity index (χ1n) is 15.5. The maximum absolute atomic E-state index is 13.5. The summed E-state index contributed by atoms with van der Waals surface area (Å²) in [5.74, 6) is 1.65. The number of ketones is 2. The molecule has 0 saturated carbocycles. The van der Waals surface area contributed by atoms with Crippen LogP contribution in [0.15, 0.2) is 47.6 Å². The number of nitrogens with zero attached hydrogens (tertiary/aromatic N) is 5. The molecule has 7 rings (SSSR count). The summed E-state index contributed by atoms with van der Waals surface area (Å²) in [6.07, 6.45) is 6.66. The molecular formula is C32H42Cl2FN7O2. The fraction of sp³-hybridized carbons (Fsp3) is 0.531. The predicted octanol–water partition coefficient (Wildman–Crippen LogP) is 3.79. The van der Waals surface area contributed by atoms with Crippen molar-refractivity contribution in [1.82, 2.24) is 29.6 Å². The first kappa shape index (κ1) is 32.5. The Morgan fingerprint density at radius 1 is 1.02 bits per heavy atom. The number of aromatic nitrogens is 2. The second-order valence-corrected chi connectivity index (χ2v) is 12.8. The van der Waals surface area contributed by atoms with Crippen molar-refractivity contribution in [3.05, 3.63) is 64.2 Å². The van der Waals surface area contributed by atoms with Gasteiger partial charge in [0.1, 0.15) is 23.0 Å². The number of piperidine rings is 1. The SMILES string of the molecule is CC(C)C(N)CCn1cc(-c2ccc(F)c(Cl)c2)nc1C1CCNCC1.Cl.O=C1C=C(N2CC2)C(=O)C(N2CC2)=C1N1CC1. The Labute approximate surface area is 269 Å². The molecular weight excluding hydrogens is 604 g/mol. The van der Waals surface area contributed by atoms with Gasteiger partial charge in [-0.25, -0.2) is 9.37 Å². The van der Waals surface area contributed by atoms with Gasteiger partial charge in [-0.1, -0.05) is 25.4 Å². The number of aryl methyl sites for hydroxylation is 1. The van der Waals surface area contributed by atoms with Gasteiger partial charge in [-0.3, -0.25) is 9.59 Å². The second kappa shape index (κ2) is 13.6. The number of rotatable bonds is 9. The van der Waals surface area contributed by atoms with Crippen molar-refractivity contribution in [3.8, 4) is 11.3 Å². The number of carbonyl (C=O) groups excluding carboxylic acids is 2. The number of hydrogen-bond acceptors (Lipinski definition) is 8. The minimum atomic E-state index is -0.406. The van der Waals surface area contributed by atoms with Crippen LogP contribution >= 0.6 is 24.0 Å². The molecule has 5 heterocycles. The summed E-state index contributed by atoms with van der Waals surface area (Å²) < 4.78 is 15.7. The van der Waals surface area contributed by atoms with E-state index in [1.807, 2.05) is 14.7 Å². The summed E-state index contributed by atoms with van der Waals surface area (Å²) >= 11 is 5.96. The molecule has 1 atom stereocenters. The number of halogens is 3. The van der Waals surface area contributed by atoms with E-state index in [0.717, 1.165) is 95.2 Å². The lowest BCUT2D eigenvalue weighted by Crippen LogP contribution is -2.30. The average molecular weight is 647 g/mol. The highest BCUT2D eigenvalue weighted by molar-refractivity contribution is 6.31. The Morgan fingerprint density at radius 2 is 1.66 bits per heavy atom. The van der Waals surface area contributed by atoms with E-state index in [0.29, 0.717) is 28.9 Å². The molecule has 9 nitrogen and oxygen atoms in total. The molecule has 44 heavy (non-hydrogen) atoms. The van der Waals surface area contributed by atoms with Gasteiger partial charge >= 0.3 is 0 Å². The number of carbonyl (C=O) groups is 2. The molecule has 2 aromatic rings. The number of benzene rings is 1. The molecule has 0 spiro atoms. The van der Waals surface area contributed by atoms with Gasteiger partial charge in [-0.15, -0.1) is 12.4 Å². The number of Topliss-reactive ketones (excluding diaryl/α,β-unsaturated/α-hetero) is 1. The van der Waals surface area contributed by atoms with Gasteiger partial charge in [0.25, 0.3) is 0 Å². The number of nitrogens with one attached hydrogen (secondary N) is 1. The van der Waals surface area contributed by atoms with Crippen molar-refractivity contribution in [1.29, 1.82) is 0 Å². The van der Waals surface area contributed by atoms with E-state index in [2.05, 4.69) is 29.9 Å². The standard InChI is InChI=1S/C20H28ClFN4.C12H13N3O2.ClH/c1-13(2)18(23)7-10-26-12-19(15-3-4-17(22)16(21)11-15)25-20(26)14-5-8-24-9-6-14;16-9-7-8(13-1-2-13)12(17)11(15-5-6-15)10(9)14-3-4-14;/h3-4,11-14,18,24H,5-10,23H2,1-2H3;7H,1-6H2;1H. The number of imidazole rings is 1. The normalized spacial score (nSPS) is 20.3. The van der Waals surface area contributed by atoms with Crippen LogP contribution in [0.2, 0.25) is 5.02 Å². The second-order valence-electron chi connectivity index (χ2n) is 12.4. The highest BCUT2D eigenvalue weighted by Gasteiger charge is 2.43. The summed E-state index contributed by atoms with van der Waals surface area (Å²) in [5, 5.41) is 3.53. The Hall–Kier alpha value is -2.92. The Morgan fingerprint density at radius 3 is 2.25 bits per heavy atom. The van der Waals surface area contributed by atoms with Crippen LogP contribution in [0.4, 0.5) is 4.39 Å². The van der Waals surface area contributed by atoms with E-state index in [-0.39, 0.29) is 35.0 Å². The van der Waals surface area contributed by atoms with Gasteiger partial charge in [-0.05, 0) is 56.5 Å². The van der Waals surface area contributed by atoms with Crippen molar-refractivity contribution in [2.24, 2.45) is 11.7 Å². The Kier molecular flexibility index (Phi) is 10.0. The minimum absolute atomic E-state index is 0. The maximum atomic E-state index is 13.5. The van der Waals surface area contributed by atoms with Crippen molar-refractivity contribution in [2.45, 2.75) is 51.6 Å². The van der Waals surface area contributed by atoms with Crippen molar-refractivity contribution in [2.75, 3.05) is 52.4 Å². The van der Waals surface area contributed by atoms with Crippen LogP contribution in [0.5, 0.6) is 0 Å². The molecule has 1 aromatic heterocycles. The molecule has 3 N–H and O–H groups in total. The Balaban J connectivity index is 0.000000184. The van der Waals surface area contributed by atoms with Crippen LogP contribution in [0.1, 0.15) is 44.9 Å². The molecule has 1 aromatic carbocycles. The molecule has 4 saturated heterocycles. The van der Waals surface area contributed by atoms with Crippen LogP contribution in [-0.2, 0) is 16.1 Å². The maximum Gasteiger partial charge on any atom is 0.227 e. The van der Waals surface area contributed by atoms with E-state index < -0.39 is 5.82 Å². The third kappa shape index (κ3) is 7.30. The zero-order chi connectivity index (χ0) is 30.2. The topological polar surface area (TPSA) is 99.0 Å². The van der Waals surface area contributed by atoms with Crippen molar-refractivity contribution >= 4 is 35.6 Å². The fourth-order valence-electron chi connectivity index (χ4n) is 5.71. The zero-order valence-electron chi connectivity index (χ0n) is 25.4. The third-order valence-electron chi connectivity index (χ3n) is 8.77. The fourth-order valence-corrected chi connectivity index (χ4v) is 5.89. The van der Waals surface area contributed by atoms with Crippen LogP contribution in [-0.4, -0.2) is 94.2 Å². The molecule has 4 aliphatic heterocycles. The van der Waals surface area contributed by atoms with Gasteiger partial charge in [-0.2, -0.15) is 0 Å². The van der Waals surface area contributed by atoms with E-state index in [9.17, 15) is 14.0 Å². The lowest BCUT2D eigenvalue weighted by Gasteiger charge is -2.24. The monoisotopic (exact) mass is 645 g/mol. The number of nitrogens with two attached hydrogens (primary N) is 1. The first-order valence-corrected chi connectivity index (χ1v) is 15.9. The smallest absolute Gasteiger partial charge is 0.227 e. The van der Waals surface area contributed by atoms with Crippen LogP contribution < -0.4 is 11.1 Å². The van der Waals surface area contributed by atoms with Crippen LogP contribution in [0.3, 0.4) is 0 Å². The van der Waals surface area contributed by atoms with Gasteiger partial charge in [0.2, 0.25) is 11.6 Å². The summed E-state index contributed by atoms with van der Waals surface area (Å²) in [4.78, 5) is 35.4. The van der Waals surface area contributed by atoms with Gasteiger partial charge < -0.3 is 30.3 Å². The molecule has 12 heteroatoms. The lowest BCUT2D eigenvalue weighted by molar-refractivity contribution is -0.117. The van der Waals surface area contributed by atoms with Crippen LogP contribution in [0.25, 0.3) is 11.3 Å². The van der Waals surface area contributed by atoms with Gasteiger partial charge in [0.15, 0.2) is 0 Å². The zero-order valence-corrected chi connectivity index (χ0v) is 27.0. The predicted molar refractivity (Wildman–Crippen MR) is 172 cm³/mol.